The summed E-state index contributed by atoms with van der Waals surface area (Å²) in [5.74, 6) is 0.540. The highest BCUT2D eigenvalue weighted by atomic mass is 16.5. The fourth-order valence-corrected chi connectivity index (χ4v) is 3.09. The van der Waals surface area contributed by atoms with Gasteiger partial charge in [0.1, 0.15) is 11.8 Å². The fourth-order valence-electron chi connectivity index (χ4n) is 3.09. The molecule has 0 unspecified atom stereocenters. The Kier molecular flexibility index (Phi) is 5.03. The number of rotatable bonds is 5. The van der Waals surface area contributed by atoms with Crippen molar-refractivity contribution in [1.29, 1.82) is 0 Å². The van der Waals surface area contributed by atoms with Gasteiger partial charge >= 0.3 is 0 Å². The monoisotopic (exact) mass is 338 g/mol. The first-order chi connectivity index (χ1) is 12.1. The fraction of sp³-hybridized carbons (Fsp3) is 0.300. The predicted molar refractivity (Wildman–Crippen MR) is 96.9 cm³/mol. The number of para-hydroxylation sites is 1. The van der Waals surface area contributed by atoms with Crippen molar-refractivity contribution < 1.29 is 14.3 Å². The van der Waals surface area contributed by atoms with Crippen molar-refractivity contribution in [3.63, 3.8) is 0 Å². The van der Waals surface area contributed by atoms with Crippen molar-refractivity contribution in [3.8, 4) is 5.75 Å². The molecule has 130 valence electrons. The Hall–Kier alpha value is -2.82. The molecule has 5 heteroatoms. The summed E-state index contributed by atoms with van der Waals surface area (Å²) in [6.07, 6.45) is 0.632. The van der Waals surface area contributed by atoms with E-state index in [2.05, 4.69) is 0 Å². The van der Waals surface area contributed by atoms with Crippen molar-refractivity contribution in [3.05, 3.63) is 60.2 Å². The molecule has 0 aliphatic carbocycles. The minimum Gasteiger partial charge on any atom is -0.494 e. The Morgan fingerprint density at radius 3 is 2.48 bits per heavy atom. The number of carbonyl (C=O) groups is 2. The molecule has 2 amide bonds. The Morgan fingerprint density at radius 1 is 1.16 bits per heavy atom. The third-order valence-corrected chi connectivity index (χ3v) is 4.45. The molecule has 0 aromatic heterocycles. The van der Waals surface area contributed by atoms with Gasteiger partial charge in [0.05, 0.1) is 6.61 Å². The molecule has 0 spiro atoms. The van der Waals surface area contributed by atoms with Gasteiger partial charge in [-0.1, -0.05) is 18.2 Å². The Labute approximate surface area is 147 Å². The van der Waals surface area contributed by atoms with Gasteiger partial charge in [0.15, 0.2) is 0 Å². The molecule has 2 aromatic carbocycles. The van der Waals surface area contributed by atoms with Crippen molar-refractivity contribution >= 4 is 17.5 Å². The Bertz CT molecular complexity index is 743. The zero-order valence-corrected chi connectivity index (χ0v) is 14.5. The highest BCUT2D eigenvalue weighted by Gasteiger charge is 2.37. The summed E-state index contributed by atoms with van der Waals surface area (Å²) in [7, 11) is 1.69. The van der Waals surface area contributed by atoms with Crippen LogP contribution >= 0.6 is 0 Å². The van der Waals surface area contributed by atoms with Crippen LogP contribution < -0.4 is 9.64 Å². The normalized spacial score (nSPS) is 16.8. The SMILES string of the molecule is CCOc1ccc(C(=O)N(C)[C@@H]2CCN(c3ccccc3)C2=O)cc1. The van der Waals surface area contributed by atoms with E-state index in [1.54, 1.807) is 41.1 Å². The number of nitrogens with zero attached hydrogens (tertiary/aromatic N) is 2. The highest BCUT2D eigenvalue weighted by molar-refractivity contribution is 6.03. The number of likely N-dealkylation sites (N-methyl/N-ethyl adjacent to an activating group) is 1. The maximum atomic E-state index is 12.7. The quantitative estimate of drug-likeness (QED) is 0.842. The lowest BCUT2D eigenvalue weighted by molar-refractivity contribution is -0.120. The van der Waals surface area contributed by atoms with E-state index in [-0.39, 0.29) is 11.8 Å². The molecule has 2 aromatic rings. The average Bonchev–Trinajstić information content (AvgIpc) is 3.03. The summed E-state index contributed by atoms with van der Waals surface area (Å²) >= 11 is 0. The number of hydrogen-bond donors (Lipinski definition) is 0. The topological polar surface area (TPSA) is 49.9 Å². The summed E-state index contributed by atoms with van der Waals surface area (Å²) in [6.45, 7) is 3.12. The van der Waals surface area contributed by atoms with Crippen LogP contribution in [0.25, 0.3) is 0 Å². The van der Waals surface area contributed by atoms with Crippen LogP contribution in [0.2, 0.25) is 0 Å². The molecule has 5 nitrogen and oxygen atoms in total. The van der Waals surface area contributed by atoms with Crippen LogP contribution in [0.1, 0.15) is 23.7 Å². The second-order valence-corrected chi connectivity index (χ2v) is 6.00. The standard InChI is InChI=1S/C20H22N2O3/c1-3-25-17-11-9-15(10-12-17)19(23)21(2)18-13-14-22(20(18)24)16-7-5-4-6-8-16/h4-12,18H,3,13-14H2,1-2H3/t18-/m1/s1. The van der Waals surface area contributed by atoms with Gasteiger partial charge in [0.25, 0.3) is 5.91 Å². The van der Waals surface area contributed by atoms with Crippen LogP contribution in [0.4, 0.5) is 5.69 Å². The lowest BCUT2D eigenvalue weighted by atomic mass is 10.1. The molecule has 1 aliphatic rings. The molecule has 25 heavy (non-hydrogen) atoms. The molecule has 0 saturated carbocycles. The van der Waals surface area contributed by atoms with Gasteiger partial charge in [-0.25, -0.2) is 0 Å². The number of ether oxygens (including phenoxy) is 1. The van der Waals surface area contributed by atoms with E-state index >= 15 is 0 Å². The van der Waals surface area contributed by atoms with E-state index in [0.717, 1.165) is 11.4 Å². The number of benzene rings is 2. The number of anilines is 1. The maximum Gasteiger partial charge on any atom is 0.254 e. The minimum atomic E-state index is -0.431. The van der Waals surface area contributed by atoms with Gasteiger partial charge in [-0.15, -0.1) is 0 Å². The Balaban J connectivity index is 1.71. The number of amides is 2. The molecular weight excluding hydrogens is 316 g/mol. The lowest BCUT2D eigenvalue weighted by Gasteiger charge is -2.24. The highest BCUT2D eigenvalue weighted by Crippen LogP contribution is 2.24. The Morgan fingerprint density at radius 2 is 1.84 bits per heavy atom. The molecule has 0 bridgehead atoms. The van der Waals surface area contributed by atoms with E-state index < -0.39 is 6.04 Å². The molecule has 1 aliphatic heterocycles. The van der Waals surface area contributed by atoms with Crippen molar-refractivity contribution in [2.45, 2.75) is 19.4 Å². The second-order valence-electron chi connectivity index (χ2n) is 6.00. The van der Waals surface area contributed by atoms with Crippen molar-refractivity contribution in [1.82, 2.24) is 4.90 Å². The zero-order valence-electron chi connectivity index (χ0n) is 14.5. The largest absolute Gasteiger partial charge is 0.494 e. The van der Waals surface area contributed by atoms with Crippen LogP contribution in [-0.4, -0.2) is 43.0 Å². The lowest BCUT2D eigenvalue weighted by Crippen LogP contribution is -2.43. The van der Waals surface area contributed by atoms with E-state index in [1.165, 1.54) is 0 Å². The molecule has 1 saturated heterocycles. The molecule has 3 rings (SSSR count). The first-order valence-corrected chi connectivity index (χ1v) is 8.48. The third-order valence-electron chi connectivity index (χ3n) is 4.45. The van der Waals surface area contributed by atoms with E-state index in [1.807, 2.05) is 37.3 Å². The van der Waals surface area contributed by atoms with Crippen molar-refractivity contribution in [2.24, 2.45) is 0 Å². The van der Waals surface area contributed by atoms with Crippen LogP contribution in [0.5, 0.6) is 5.75 Å². The van der Waals surface area contributed by atoms with E-state index in [0.29, 0.717) is 25.1 Å². The van der Waals surface area contributed by atoms with Gasteiger partial charge < -0.3 is 14.5 Å². The molecule has 1 heterocycles. The average molecular weight is 338 g/mol. The molecular formula is C20H22N2O3. The zero-order chi connectivity index (χ0) is 17.8. The maximum absolute atomic E-state index is 12.7. The van der Waals surface area contributed by atoms with Gasteiger partial charge in [0, 0.05) is 24.8 Å². The second kappa shape index (κ2) is 7.38. The first-order valence-electron chi connectivity index (χ1n) is 8.48. The number of carbonyl (C=O) groups excluding carboxylic acids is 2. The van der Waals surface area contributed by atoms with E-state index in [9.17, 15) is 9.59 Å². The van der Waals surface area contributed by atoms with Crippen LogP contribution in [0.3, 0.4) is 0 Å². The van der Waals surface area contributed by atoms with Crippen LogP contribution in [0.15, 0.2) is 54.6 Å². The van der Waals surface area contributed by atoms with Crippen LogP contribution in [0, 0.1) is 0 Å². The van der Waals surface area contributed by atoms with Gasteiger partial charge in [0.2, 0.25) is 5.91 Å². The predicted octanol–water partition coefficient (Wildman–Crippen LogP) is 2.96. The summed E-state index contributed by atoms with van der Waals surface area (Å²) < 4.78 is 5.40. The summed E-state index contributed by atoms with van der Waals surface area (Å²) in [5, 5.41) is 0. The first kappa shape index (κ1) is 17.0. The van der Waals surface area contributed by atoms with E-state index in [4.69, 9.17) is 4.74 Å². The summed E-state index contributed by atoms with van der Waals surface area (Å²) in [5.41, 5.74) is 1.42. The smallest absolute Gasteiger partial charge is 0.254 e. The number of hydrogen-bond acceptors (Lipinski definition) is 3. The summed E-state index contributed by atoms with van der Waals surface area (Å²) in [4.78, 5) is 28.7. The molecule has 0 radical (unpaired) electrons. The van der Waals surface area contributed by atoms with Gasteiger partial charge in [-0.2, -0.15) is 0 Å². The van der Waals surface area contributed by atoms with Crippen molar-refractivity contribution in [2.75, 3.05) is 25.1 Å². The van der Waals surface area contributed by atoms with Gasteiger partial charge in [-0.05, 0) is 49.7 Å². The van der Waals surface area contributed by atoms with Gasteiger partial charge in [-0.3, -0.25) is 9.59 Å². The molecule has 0 N–H and O–H groups in total. The molecule has 1 fully saturated rings. The summed E-state index contributed by atoms with van der Waals surface area (Å²) in [6, 6.07) is 16.1. The molecule has 1 atom stereocenters. The van der Waals surface area contributed by atoms with Crippen LogP contribution in [-0.2, 0) is 4.79 Å². The third kappa shape index (κ3) is 3.50. The minimum absolute atomic E-state index is 0.0343.